The van der Waals surface area contributed by atoms with Crippen molar-refractivity contribution in [2.75, 3.05) is 0 Å². The van der Waals surface area contributed by atoms with Gasteiger partial charge < -0.3 is 0 Å². The van der Waals surface area contributed by atoms with E-state index in [4.69, 9.17) is 0 Å². The quantitative estimate of drug-likeness (QED) is 0.551. The zero-order chi connectivity index (χ0) is 10.5. The molecule has 0 saturated carbocycles. The largest absolute Gasteiger partial charge is 0.289 e. The molecule has 0 amide bonds. The molecule has 1 aliphatic rings. The average molecular weight is 197 g/mol. The van der Waals surface area contributed by atoms with Crippen LogP contribution in [0.15, 0.2) is 60.5 Å². The molecule has 2 heteroatoms. The molecule has 0 N–H and O–H groups in total. The highest BCUT2D eigenvalue weighted by atomic mass is 16.1. The first kappa shape index (κ1) is 9.59. The van der Waals surface area contributed by atoms with Gasteiger partial charge in [-0.15, -0.1) is 0 Å². The first-order chi connectivity index (χ1) is 7.36. The molecule has 0 fully saturated rings. The second-order valence-corrected chi connectivity index (χ2v) is 3.28. The Morgan fingerprint density at radius 1 is 1.47 bits per heavy atom. The molecule has 0 bridgehead atoms. The number of rotatable bonds is 3. The Labute approximate surface area is 88.7 Å². The first-order valence-electron chi connectivity index (χ1n) is 4.85. The van der Waals surface area contributed by atoms with Crippen molar-refractivity contribution in [2.24, 2.45) is 0 Å². The van der Waals surface area contributed by atoms with Crippen molar-refractivity contribution in [3.05, 3.63) is 66.0 Å². The SMILES string of the molecule is O=C(/C=C/C1=CCC=C1)c1cccnc1. The maximum absolute atomic E-state index is 11.6. The van der Waals surface area contributed by atoms with Gasteiger partial charge in [0.25, 0.3) is 0 Å². The number of hydrogen-bond donors (Lipinski definition) is 0. The molecule has 0 unspecified atom stereocenters. The highest BCUT2D eigenvalue weighted by Crippen LogP contribution is 2.10. The molecule has 0 spiro atoms. The third kappa shape index (κ3) is 2.50. The molecule has 2 rings (SSSR count). The number of pyridine rings is 1. The minimum Gasteiger partial charge on any atom is -0.289 e. The van der Waals surface area contributed by atoms with Gasteiger partial charge in [0.15, 0.2) is 5.78 Å². The van der Waals surface area contributed by atoms with E-state index >= 15 is 0 Å². The lowest BCUT2D eigenvalue weighted by Gasteiger charge is -1.93. The molecule has 0 radical (unpaired) electrons. The summed E-state index contributed by atoms with van der Waals surface area (Å²) in [6.45, 7) is 0. The smallest absolute Gasteiger partial charge is 0.187 e. The van der Waals surface area contributed by atoms with Gasteiger partial charge in [0.1, 0.15) is 0 Å². The van der Waals surface area contributed by atoms with E-state index in [2.05, 4.69) is 17.1 Å². The Morgan fingerprint density at radius 3 is 3.07 bits per heavy atom. The third-order valence-corrected chi connectivity index (χ3v) is 2.17. The van der Waals surface area contributed by atoms with Gasteiger partial charge in [-0.05, 0) is 30.2 Å². The lowest BCUT2D eigenvalue weighted by Crippen LogP contribution is -1.94. The Morgan fingerprint density at radius 2 is 2.40 bits per heavy atom. The number of carbonyl (C=O) groups excluding carboxylic acids is 1. The number of allylic oxidation sites excluding steroid dienone is 6. The van der Waals surface area contributed by atoms with E-state index in [1.54, 1.807) is 30.6 Å². The molecule has 1 aromatic rings. The minimum absolute atomic E-state index is 0.00991. The summed E-state index contributed by atoms with van der Waals surface area (Å²) in [6, 6.07) is 3.52. The van der Waals surface area contributed by atoms with E-state index in [0.29, 0.717) is 5.56 Å². The van der Waals surface area contributed by atoms with Crippen molar-refractivity contribution in [1.82, 2.24) is 4.98 Å². The van der Waals surface area contributed by atoms with Crippen LogP contribution in [0.3, 0.4) is 0 Å². The lowest BCUT2D eigenvalue weighted by atomic mass is 10.1. The molecule has 0 aliphatic heterocycles. The predicted octanol–water partition coefficient (Wildman–Crippen LogP) is 2.71. The summed E-state index contributed by atoms with van der Waals surface area (Å²) in [4.78, 5) is 15.5. The van der Waals surface area contributed by atoms with E-state index < -0.39 is 0 Å². The van der Waals surface area contributed by atoms with Crippen LogP contribution in [0.5, 0.6) is 0 Å². The van der Waals surface area contributed by atoms with E-state index in [0.717, 1.165) is 12.0 Å². The van der Waals surface area contributed by atoms with Gasteiger partial charge in [-0.3, -0.25) is 9.78 Å². The van der Waals surface area contributed by atoms with Crippen LogP contribution in [0.25, 0.3) is 0 Å². The molecule has 74 valence electrons. The second kappa shape index (κ2) is 4.51. The number of hydrogen-bond acceptors (Lipinski definition) is 2. The number of carbonyl (C=O) groups is 1. The fourth-order valence-electron chi connectivity index (χ4n) is 1.38. The van der Waals surface area contributed by atoms with Gasteiger partial charge >= 0.3 is 0 Å². The van der Waals surface area contributed by atoms with E-state index in [9.17, 15) is 4.79 Å². The van der Waals surface area contributed by atoms with Gasteiger partial charge in [-0.2, -0.15) is 0 Å². The molecule has 1 aromatic heterocycles. The van der Waals surface area contributed by atoms with Gasteiger partial charge in [0.05, 0.1) is 0 Å². The van der Waals surface area contributed by atoms with E-state index in [1.807, 2.05) is 12.2 Å². The fraction of sp³-hybridized carbons (Fsp3) is 0.0769. The summed E-state index contributed by atoms with van der Waals surface area (Å²) in [5, 5.41) is 0. The normalized spacial score (nSPS) is 14.5. The molecular weight excluding hydrogens is 186 g/mol. The zero-order valence-corrected chi connectivity index (χ0v) is 8.26. The molecule has 0 atom stereocenters. The van der Waals surface area contributed by atoms with Gasteiger partial charge in [-0.25, -0.2) is 0 Å². The average Bonchev–Trinajstić information content (AvgIpc) is 2.80. The molecule has 0 saturated heterocycles. The summed E-state index contributed by atoms with van der Waals surface area (Å²) < 4.78 is 0. The standard InChI is InChI=1S/C13H11NO/c15-13(12-6-3-9-14-10-12)8-7-11-4-1-2-5-11/h1,3-10H,2H2/b8-7+. The topological polar surface area (TPSA) is 30.0 Å². The van der Waals surface area contributed by atoms with Crippen LogP contribution in [0.4, 0.5) is 0 Å². The molecule has 15 heavy (non-hydrogen) atoms. The van der Waals surface area contributed by atoms with Crippen molar-refractivity contribution in [1.29, 1.82) is 0 Å². The van der Waals surface area contributed by atoms with Gasteiger partial charge in [-0.1, -0.05) is 24.3 Å². The highest BCUT2D eigenvalue weighted by molar-refractivity contribution is 6.04. The van der Waals surface area contributed by atoms with Crippen molar-refractivity contribution >= 4 is 5.78 Å². The van der Waals surface area contributed by atoms with Crippen molar-refractivity contribution < 1.29 is 4.79 Å². The summed E-state index contributed by atoms with van der Waals surface area (Å²) >= 11 is 0. The summed E-state index contributed by atoms with van der Waals surface area (Å²) in [5.74, 6) is -0.00991. The zero-order valence-electron chi connectivity index (χ0n) is 8.26. The van der Waals surface area contributed by atoms with E-state index in [1.165, 1.54) is 0 Å². The molecule has 1 aliphatic carbocycles. The van der Waals surface area contributed by atoms with Crippen molar-refractivity contribution in [3.63, 3.8) is 0 Å². The lowest BCUT2D eigenvalue weighted by molar-refractivity contribution is 0.104. The van der Waals surface area contributed by atoms with Crippen LogP contribution < -0.4 is 0 Å². The van der Waals surface area contributed by atoms with Gasteiger partial charge in [0.2, 0.25) is 0 Å². The third-order valence-electron chi connectivity index (χ3n) is 2.17. The van der Waals surface area contributed by atoms with Gasteiger partial charge in [0, 0.05) is 18.0 Å². The maximum atomic E-state index is 11.6. The maximum Gasteiger partial charge on any atom is 0.187 e. The van der Waals surface area contributed by atoms with Crippen LogP contribution in [0.2, 0.25) is 0 Å². The predicted molar refractivity (Wildman–Crippen MR) is 59.5 cm³/mol. The Bertz CT molecular complexity index is 441. The Balaban J connectivity index is 2.07. The number of aromatic nitrogens is 1. The van der Waals surface area contributed by atoms with E-state index in [-0.39, 0.29) is 5.78 Å². The highest BCUT2D eigenvalue weighted by Gasteiger charge is 2.00. The molecule has 2 nitrogen and oxygen atoms in total. The van der Waals surface area contributed by atoms with Crippen LogP contribution in [0.1, 0.15) is 16.8 Å². The summed E-state index contributed by atoms with van der Waals surface area (Å²) in [7, 11) is 0. The number of nitrogens with zero attached hydrogens (tertiary/aromatic N) is 1. The molecule has 1 heterocycles. The molecule has 0 aromatic carbocycles. The monoisotopic (exact) mass is 197 g/mol. The van der Waals surface area contributed by atoms with Crippen LogP contribution >= 0.6 is 0 Å². The summed E-state index contributed by atoms with van der Waals surface area (Å²) in [5.41, 5.74) is 1.71. The second-order valence-electron chi connectivity index (χ2n) is 3.28. The Hall–Kier alpha value is -1.96. The fourth-order valence-corrected chi connectivity index (χ4v) is 1.38. The minimum atomic E-state index is -0.00991. The summed E-state index contributed by atoms with van der Waals surface area (Å²) in [6.07, 6.45) is 13.8. The van der Waals surface area contributed by atoms with Crippen LogP contribution in [-0.4, -0.2) is 10.8 Å². The number of ketones is 1. The van der Waals surface area contributed by atoms with Crippen LogP contribution in [0, 0.1) is 0 Å². The Kier molecular flexibility index (Phi) is 2.88. The molecular formula is C13H11NO. The first-order valence-corrected chi connectivity index (χ1v) is 4.85. The van der Waals surface area contributed by atoms with Crippen LogP contribution in [-0.2, 0) is 0 Å². The van der Waals surface area contributed by atoms with Crippen molar-refractivity contribution in [3.8, 4) is 0 Å². The van der Waals surface area contributed by atoms with Crippen molar-refractivity contribution in [2.45, 2.75) is 6.42 Å².